The zero-order valence-corrected chi connectivity index (χ0v) is 17.3. The molecule has 1 aliphatic rings. The minimum atomic E-state index is -5.08. The number of aryl methyl sites for hydroxylation is 1. The first kappa shape index (κ1) is 24.0. The molecule has 1 aliphatic heterocycles. The van der Waals surface area contributed by atoms with Crippen molar-refractivity contribution in [2.75, 3.05) is 18.4 Å². The van der Waals surface area contributed by atoms with Gasteiger partial charge in [0.2, 0.25) is 0 Å². The van der Waals surface area contributed by atoms with E-state index in [2.05, 4.69) is 15.6 Å². The van der Waals surface area contributed by atoms with Gasteiger partial charge in [-0.3, -0.25) is 0 Å². The number of carboxylic acid groups (broad SMARTS) is 1. The van der Waals surface area contributed by atoms with Gasteiger partial charge in [0.05, 0.1) is 17.0 Å². The zero-order chi connectivity index (χ0) is 22.5. The molecule has 1 fully saturated rings. The van der Waals surface area contributed by atoms with Crippen LogP contribution in [0.4, 0.5) is 23.2 Å². The van der Waals surface area contributed by atoms with E-state index >= 15 is 0 Å². The lowest BCUT2D eigenvalue weighted by atomic mass is 10.1. The first-order valence-electron chi connectivity index (χ1n) is 8.57. The molecule has 0 radical (unpaired) electrons. The molecule has 0 amide bonds. The molecule has 13 heteroatoms. The van der Waals surface area contributed by atoms with Gasteiger partial charge in [0.1, 0.15) is 10.7 Å². The van der Waals surface area contributed by atoms with Crippen molar-refractivity contribution in [3.63, 3.8) is 0 Å². The topological polar surface area (TPSA) is 108 Å². The number of anilines is 1. The van der Waals surface area contributed by atoms with Gasteiger partial charge >= 0.3 is 12.1 Å². The predicted molar refractivity (Wildman–Crippen MR) is 103 cm³/mol. The Balaban J connectivity index is 0.000000396. The summed E-state index contributed by atoms with van der Waals surface area (Å²) < 4.78 is 71.0. The van der Waals surface area contributed by atoms with Gasteiger partial charge in [-0.15, -0.1) is 11.3 Å². The van der Waals surface area contributed by atoms with E-state index in [1.54, 1.807) is 17.8 Å². The Bertz CT molecular complexity index is 974. The Morgan fingerprint density at radius 1 is 1.40 bits per heavy atom. The number of aliphatic carboxylic acids is 1. The number of carbonyl (C=O) groups is 1. The van der Waals surface area contributed by atoms with Gasteiger partial charge in [0, 0.05) is 23.7 Å². The molecule has 0 unspecified atom stereocenters. The van der Waals surface area contributed by atoms with Crippen molar-refractivity contribution in [2.45, 2.75) is 36.2 Å². The fourth-order valence-electron chi connectivity index (χ4n) is 2.63. The highest BCUT2D eigenvalue weighted by molar-refractivity contribution is 7.90. The van der Waals surface area contributed by atoms with Crippen molar-refractivity contribution in [2.24, 2.45) is 0 Å². The van der Waals surface area contributed by atoms with Crippen LogP contribution in [-0.2, 0) is 20.4 Å². The Kier molecular flexibility index (Phi) is 7.77. The minimum absolute atomic E-state index is 0.241. The molecular formula is C17H19F4N3O4S2. The number of carboxylic acids is 1. The molecule has 2 aromatic rings. The number of thiazole rings is 1. The fourth-order valence-corrected chi connectivity index (χ4v) is 4.71. The molecule has 1 aromatic carbocycles. The Morgan fingerprint density at radius 2 is 2.07 bits per heavy atom. The standard InChI is InChI=1S/C15H18FN3O2S2.C2HF3O2/c1-10-4-15(23(20,21)8-12-7-22-9-18-12)13(16)5-14(10)19-11-2-3-17-6-11;3-2(4,5)1(6)7/h4-5,7,9,11,17,19H,2-3,6,8H2,1H3;(H,6,7)/t11-;/m0./s1. The molecule has 1 atom stereocenters. The number of nitrogens with zero attached hydrogens (tertiary/aromatic N) is 1. The Labute approximate surface area is 174 Å². The first-order chi connectivity index (χ1) is 13.9. The van der Waals surface area contributed by atoms with E-state index in [0.717, 1.165) is 25.1 Å². The van der Waals surface area contributed by atoms with Gasteiger partial charge in [0.25, 0.3) is 0 Å². The summed E-state index contributed by atoms with van der Waals surface area (Å²) in [6.45, 7) is 3.54. The molecule has 3 N–H and O–H groups in total. The van der Waals surface area contributed by atoms with Gasteiger partial charge in [-0.25, -0.2) is 22.6 Å². The molecule has 7 nitrogen and oxygen atoms in total. The van der Waals surface area contributed by atoms with Gasteiger partial charge < -0.3 is 15.7 Å². The normalized spacial score (nSPS) is 16.6. The average Bonchev–Trinajstić information content (AvgIpc) is 3.31. The molecular weight excluding hydrogens is 450 g/mol. The molecule has 0 aliphatic carbocycles. The van der Waals surface area contributed by atoms with Gasteiger partial charge in [-0.2, -0.15) is 13.2 Å². The van der Waals surface area contributed by atoms with Crippen LogP contribution in [0.25, 0.3) is 0 Å². The van der Waals surface area contributed by atoms with Gasteiger partial charge in [-0.1, -0.05) is 0 Å². The van der Waals surface area contributed by atoms with E-state index in [-0.39, 0.29) is 16.7 Å². The molecule has 2 heterocycles. The van der Waals surface area contributed by atoms with Crippen LogP contribution in [-0.4, -0.2) is 49.8 Å². The molecule has 166 valence electrons. The summed E-state index contributed by atoms with van der Waals surface area (Å²) in [5, 5.41) is 15.3. The third-order valence-corrected chi connectivity index (χ3v) is 6.39. The van der Waals surface area contributed by atoms with Crippen molar-refractivity contribution in [1.29, 1.82) is 0 Å². The number of rotatable bonds is 5. The molecule has 3 rings (SSSR count). The average molecular weight is 469 g/mol. The van der Waals surface area contributed by atoms with Crippen LogP contribution in [0.15, 0.2) is 27.9 Å². The van der Waals surface area contributed by atoms with Crippen molar-refractivity contribution in [3.05, 3.63) is 40.1 Å². The van der Waals surface area contributed by atoms with E-state index in [1.807, 2.05) is 0 Å². The molecule has 1 aromatic heterocycles. The Morgan fingerprint density at radius 3 is 2.57 bits per heavy atom. The molecule has 30 heavy (non-hydrogen) atoms. The summed E-state index contributed by atoms with van der Waals surface area (Å²) in [6, 6.07) is 2.93. The van der Waals surface area contributed by atoms with Crippen LogP contribution in [0.3, 0.4) is 0 Å². The smallest absolute Gasteiger partial charge is 0.475 e. The lowest BCUT2D eigenvalue weighted by molar-refractivity contribution is -0.192. The van der Waals surface area contributed by atoms with Crippen LogP contribution in [0.1, 0.15) is 17.7 Å². The van der Waals surface area contributed by atoms with Crippen LogP contribution >= 0.6 is 11.3 Å². The number of halogens is 4. The number of hydrogen-bond donors (Lipinski definition) is 3. The predicted octanol–water partition coefficient (Wildman–Crippen LogP) is 2.97. The number of nitrogens with one attached hydrogen (secondary N) is 2. The number of sulfone groups is 1. The van der Waals surface area contributed by atoms with E-state index < -0.39 is 27.8 Å². The number of aromatic nitrogens is 1. The van der Waals surface area contributed by atoms with E-state index in [9.17, 15) is 26.0 Å². The monoisotopic (exact) mass is 469 g/mol. The SMILES string of the molecule is Cc1cc(S(=O)(=O)Cc2cscn2)c(F)cc1N[C@H]1CCNC1.O=C(O)C(F)(F)F. The van der Waals surface area contributed by atoms with Gasteiger partial charge in [-0.05, 0) is 37.6 Å². The van der Waals surface area contributed by atoms with E-state index in [1.165, 1.54) is 23.5 Å². The first-order valence-corrected chi connectivity index (χ1v) is 11.2. The summed E-state index contributed by atoms with van der Waals surface area (Å²) in [5.74, 6) is -3.77. The second-order valence-corrected chi connectivity index (χ2v) is 9.15. The molecule has 1 saturated heterocycles. The summed E-state index contributed by atoms with van der Waals surface area (Å²) in [6.07, 6.45) is -4.12. The summed E-state index contributed by atoms with van der Waals surface area (Å²) in [7, 11) is -3.75. The Hall–Kier alpha value is -2.25. The second kappa shape index (κ2) is 9.71. The summed E-state index contributed by atoms with van der Waals surface area (Å²) in [5.41, 5.74) is 3.36. The van der Waals surface area contributed by atoms with E-state index in [4.69, 9.17) is 9.90 Å². The highest BCUT2D eigenvalue weighted by Gasteiger charge is 2.38. The van der Waals surface area contributed by atoms with Crippen molar-refractivity contribution < 1.29 is 35.9 Å². The third-order valence-electron chi connectivity index (χ3n) is 4.10. The van der Waals surface area contributed by atoms with Crippen molar-refractivity contribution in [1.82, 2.24) is 10.3 Å². The quantitative estimate of drug-likeness (QED) is 0.578. The van der Waals surface area contributed by atoms with Crippen LogP contribution < -0.4 is 10.6 Å². The van der Waals surface area contributed by atoms with Crippen molar-refractivity contribution in [3.8, 4) is 0 Å². The summed E-state index contributed by atoms with van der Waals surface area (Å²) in [4.78, 5) is 12.6. The van der Waals surface area contributed by atoms with Crippen LogP contribution in [0.2, 0.25) is 0 Å². The van der Waals surface area contributed by atoms with E-state index in [0.29, 0.717) is 11.4 Å². The fraction of sp³-hybridized carbons (Fsp3) is 0.412. The zero-order valence-electron chi connectivity index (χ0n) is 15.7. The molecule has 0 bridgehead atoms. The maximum Gasteiger partial charge on any atom is 0.490 e. The second-order valence-electron chi connectivity index (χ2n) is 6.47. The summed E-state index contributed by atoms with van der Waals surface area (Å²) >= 11 is 1.32. The van der Waals surface area contributed by atoms with Crippen LogP contribution in [0.5, 0.6) is 0 Å². The maximum atomic E-state index is 14.4. The number of hydrogen-bond acceptors (Lipinski definition) is 7. The molecule has 0 spiro atoms. The molecule has 0 saturated carbocycles. The van der Waals surface area contributed by atoms with Crippen molar-refractivity contribution >= 4 is 32.8 Å². The lowest BCUT2D eigenvalue weighted by Crippen LogP contribution is -2.22. The largest absolute Gasteiger partial charge is 0.490 e. The third kappa shape index (κ3) is 6.64. The van der Waals surface area contributed by atoms with Gasteiger partial charge in [0.15, 0.2) is 9.84 Å². The maximum absolute atomic E-state index is 14.4. The minimum Gasteiger partial charge on any atom is -0.475 e. The highest BCUT2D eigenvalue weighted by atomic mass is 32.2. The highest BCUT2D eigenvalue weighted by Crippen LogP contribution is 2.27. The van der Waals surface area contributed by atoms with Crippen LogP contribution in [0, 0.1) is 12.7 Å². The number of alkyl halides is 3. The number of benzene rings is 1. The lowest BCUT2D eigenvalue weighted by Gasteiger charge is -2.16.